The van der Waals surface area contributed by atoms with Gasteiger partial charge in [0.05, 0.1) is 39.1 Å². The van der Waals surface area contributed by atoms with Crippen LogP contribution in [-0.2, 0) is 10.0 Å². The molecule has 0 saturated heterocycles. The Kier molecular flexibility index (Phi) is 5.86. The van der Waals surface area contributed by atoms with Crippen molar-refractivity contribution < 1.29 is 27.4 Å². The van der Waals surface area contributed by atoms with Gasteiger partial charge in [0.2, 0.25) is 0 Å². The molecule has 0 radical (unpaired) electrons. The molecule has 0 aromatic heterocycles. The minimum Gasteiger partial charge on any atom is -0.497 e. The molecule has 7 nitrogen and oxygen atoms in total. The first-order chi connectivity index (χ1) is 11.9. The van der Waals surface area contributed by atoms with E-state index in [1.807, 2.05) is 0 Å². The van der Waals surface area contributed by atoms with E-state index >= 15 is 0 Å². The zero-order valence-corrected chi connectivity index (χ0v) is 15.7. The number of benzene rings is 2. The first-order valence-electron chi connectivity index (χ1n) is 7.02. The van der Waals surface area contributed by atoms with Gasteiger partial charge in [-0.3, -0.25) is 4.72 Å². The van der Waals surface area contributed by atoms with Crippen molar-refractivity contribution in [2.45, 2.75) is 4.90 Å². The topological polar surface area (TPSA) is 83.1 Å². The molecule has 0 heterocycles. The molecule has 0 amide bonds. The second-order valence-corrected chi connectivity index (χ2v) is 6.87. The van der Waals surface area contributed by atoms with Gasteiger partial charge < -0.3 is 18.9 Å². The average molecular weight is 388 g/mol. The van der Waals surface area contributed by atoms with Crippen LogP contribution in [0.3, 0.4) is 0 Å². The van der Waals surface area contributed by atoms with Crippen molar-refractivity contribution >= 4 is 27.3 Å². The Morgan fingerprint density at radius 2 is 1.48 bits per heavy atom. The van der Waals surface area contributed by atoms with E-state index in [2.05, 4.69) is 4.72 Å². The van der Waals surface area contributed by atoms with E-state index in [0.29, 0.717) is 16.5 Å². The molecule has 0 aliphatic carbocycles. The van der Waals surface area contributed by atoms with Gasteiger partial charge in [-0.15, -0.1) is 0 Å². The maximum Gasteiger partial charge on any atom is 0.265 e. The van der Waals surface area contributed by atoms with Crippen molar-refractivity contribution in [2.75, 3.05) is 33.2 Å². The van der Waals surface area contributed by atoms with Gasteiger partial charge in [-0.25, -0.2) is 8.42 Å². The summed E-state index contributed by atoms with van der Waals surface area (Å²) in [6, 6.07) is 7.29. The predicted octanol–water partition coefficient (Wildman–Crippen LogP) is 3.18. The van der Waals surface area contributed by atoms with Crippen LogP contribution in [0, 0.1) is 0 Å². The monoisotopic (exact) mass is 387 g/mol. The summed E-state index contributed by atoms with van der Waals surface area (Å²) in [5, 5.41) is 0.296. The van der Waals surface area contributed by atoms with Crippen LogP contribution < -0.4 is 23.7 Å². The van der Waals surface area contributed by atoms with E-state index in [0.717, 1.165) is 0 Å². The molecule has 2 rings (SSSR count). The number of nitrogens with one attached hydrogen (secondary N) is 1. The number of sulfonamides is 1. The molecule has 0 fully saturated rings. The summed E-state index contributed by atoms with van der Waals surface area (Å²) in [5.41, 5.74) is 0.182. The van der Waals surface area contributed by atoms with Crippen LogP contribution >= 0.6 is 11.6 Å². The number of anilines is 1. The normalized spacial score (nSPS) is 10.9. The standard InChI is InChI=1S/C16H18ClNO6S/c1-21-10-5-6-16(15(7-10)24-4)25(19,20)18-12-9-13(22-2)11(17)8-14(12)23-3/h5-9,18H,1-4H3. The van der Waals surface area contributed by atoms with Crippen LogP contribution in [0.25, 0.3) is 0 Å². The van der Waals surface area contributed by atoms with Crippen molar-refractivity contribution in [3.8, 4) is 23.0 Å². The van der Waals surface area contributed by atoms with Gasteiger partial charge in [0, 0.05) is 18.2 Å². The SMILES string of the molecule is COc1ccc(S(=O)(=O)Nc2cc(OC)c(Cl)cc2OC)c(OC)c1. The molecule has 1 N–H and O–H groups in total. The van der Waals surface area contributed by atoms with Gasteiger partial charge in [0.1, 0.15) is 27.9 Å². The Hall–Kier alpha value is -2.32. The molecule has 2 aromatic carbocycles. The van der Waals surface area contributed by atoms with Gasteiger partial charge in [0.25, 0.3) is 10.0 Å². The zero-order chi connectivity index (χ0) is 18.6. The van der Waals surface area contributed by atoms with Crippen LogP contribution in [0.4, 0.5) is 5.69 Å². The van der Waals surface area contributed by atoms with Crippen molar-refractivity contribution in [1.82, 2.24) is 0 Å². The highest BCUT2D eigenvalue weighted by Gasteiger charge is 2.23. The number of hydrogen-bond donors (Lipinski definition) is 1. The Morgan fingerprint density at radius 3 is 2.04 bits per heavy atom. The fraction of sp³-hybridized carbons (Fsp3) is 0.250. The molecule has 136 valence electrons. The second-order valence-electron chi connectivity index (χ2n) is 4.81. The molecule has 2 aromatic rings. The minimum absolute atomic E-state index is 0.0493. The summed E-state index contributed by atoms with van der Waals surface area (Å²) in [7, 11) is 1.73. The van der Waals surface area contributed by atoms with E-state index < -0.39 is 10.0 Å². The average Bonchev–Trinajstić information content (AvgIpc) is 2.61. The van der Waals surface area contributed by atoms with Crippen LogP contribution in [0.15, 0.2) is 35.2 Å². The summed E-state index contributed by atoms with van der Waals surface area (Å²) in [4.78, 5) is -0.0493. The first-order valence-corrected chi connectivity index (χ1v) is 8.88. The predicted molar refractivity (Wildman–Crippen MR) is 94.9 cm³/mol. The lowest BCUT2D eigenvalue weighted by atomic mass is 10.3. The summed E-state index contributed by atoms with van der Waals surface area (Å²) < 4.78 is 48.5. The maximum atomic E-state index is 12.8. The third-order valence-electron chi connectivity index (χ3n) is 3.38. The molecule has 25 heavy (non-hydrogen) atoms. The van der Waals surface area contributed by atoms with Crippen molar-refractivity contribution in [3.63, 3.8) is 0 Å². The number of methoxy groups -OCH3 is 4. The largest absolute Gasteiger partial charge is 0.497 e. The van der Waals surface area contributed by atoms with Crippen molar-refractivity contribution in [1.29, 1.82) is 0 Å². The summed E-state index contributed by atoms with van der Waals surface area (Å²) in [6.45, 7) is 0. The zero-order valence-electron chi connectivity index (χ0n) is 14.1. The third-order valence-corrected chi connectivity index (χ3v) is 5.08. The number of ether oxygens (including phenoxy) is 4. The van der Waals surface area contributed by atoms with Gasteiger partial charge in [-0.1, -0.05) is 11.6 Å². The smallest absolute Gasteiger partial charge is 0.265 e. The molecular formula is C16H18ClNO6S. The Balaban J connectivity index is 2.49. The minimum atomic E-state index is -3.96. The highest BCUT2D eigenvalue weighted by Crippen LogP contribution is 2.38. The summed E-state index contributed by atoms with van der Waals surface area (Å²) in [5.74, 6) is 1.18. The van der Waals surface area contributed by atoms with Crippen LogP contribution in [0.1, 0.15) is 0 Å². The fourth-order valence-electron chi connectivity index (χ4n) is 2.14. The number of halogens is 1. The molecular weight excluding hydrogens is 370 g/mol. The molecule has 0 atom stereocenters. The van der Waals surface area contributed by atoms with Gasteiger partial charge >= 0.3 is 0 Å². The third kappa shape index (κ3) is 4.02. The molecule has 0 aliphatic rings. The van der Waals surface area contributed by atoms with Gasteiger partial charge in [-0.2, -0.15) is 0 Å². The van der Waals surface area contributed by atoms with Crippen molar-refractivity contribution in [2.24, 2.45) is 0 Å². The molecule has 0 bridgehead atoms. The van der Waals surface area contributed by atoms with E-state index in [1.165, 1.54) is 58.8 Å². The Bertz CT molecular complexity index is 869. The number of hydrogen-bond acceptors (Lipinski definition) is 6. The highest BCUT2D eigenvalue weighted by atomic mass is 35.5. The number of rotatable bonds is 7. The quantitative estimate of drug-likeness (QED) is 0.785. The first kappa shape index (κ1) is 19.0. The van der Waals surface area contributed by atoms with E-state index in [4.69, 9.17) is 30.5 Å². The summed E-state index contributed by atoms with van der Waals surface area (Å²) in [6.07, 6.45) is 0. The van der Waals surface area contributed by atoms with E-state index in [1.54, 1.807) is 0 Å². The lowest BCUT2D eigenvalue weighted by molar-refractivity contribution is 0.386. The van der Waals surface area contributed by atoms with Gasteiger partial charge in [-0.05, 0) is 12.1 Å². The fourth-order valence-corrected chi connectivity index (χ4v) is 3.58. The van der Waals surface area contributed by atoms with Crippen LogP contribution in [0.2, 0.25) is 5.02 Å². The Morgan fingerprint density at radius 1 is 0.840 bits per heavy atom. The van der Waals surface area contributed by atoms with E-state index in [-0.39, 0.29) is 22.1 Å². The Labute approximate surface area is 151 Å². The van der Waals surface area contributed by atoms with E-state index in [9.17, 15) is 8.42 Å². The van der Waals surface area contributed by atoms with Crippen LogP contribution in [0.5, 0.6) is 23.0 Å². The molecule has 0 unspecified atom stereocenters. The molecule has 0 spiro atoms. The second kappa shape index (κ2) is 7.71. The van der Waals surface area contributed by atoms with Crippen molar-refractivity contribution in [3.05, 3.63) is 35.4 Å². The molecule has 0 aliphatic heterocycles. The lowest BCUT2D eigenvalue weighted by Gasteiger charge is -2.16. The highest BCUT2D eigenvalue weighted by molar-refractivity contribution is 7.92. The maximum absolute atomic E-state index is 12.8. The van der Waals surface area contributed by atoms with Gasteiger partial charge in [0.15, 0.2) is 0 Å². The molecule has 0 saturated carbocycles. The molecule has 9 heteroatoms. The van der Waals surface area contributed by atoms with Crippen LogP contribution in [-0.4, -0.2) is 36.9 Å². The lowest BCUT2D eigenvalue weighted by Crippen LogP contribution is -2.15. The summed E-state index contributed by atoms with van der Waals surface area (Å²) >= 11 is 6.03.